The van der Waals surface area contributed by atoms with Crippen LogP contribution in [-0.2, 0) is 18.3 Å². The first kappa shape index (κ1) is 26.6. The molecule has 2 aliphatic heterocycles. The Morgan fingerprint density at radius 3 is 2.62 bits per heavy atom. The van der Waals surface area contributed by atoms with E-state index in [0.717, 1.165) is 36.9 Å². The fourth-order valence-corrected chi connectivity index (χ4v) is 6.83. The number of aryl methyl sites for hydroxylation is 1. The van der Waals surface area contributed by atoms with Crippen LogP contribution >= 0.6 is 0 Å². The van der Waals surface area contributed by atoms with Gasteiger partial charge in [-0.05, 0) is 43.0 Å². The molecule has 1 aliphatic carbocycles. The van der Waals surface area contributed by atoms with Gasteiger partial charge >= 0.3 is 6.03 Å². The quantitative estimate of drug-likeness (QED) is 0.536. The SMILES string of the molecule is Cn1nccc1-c1cc(=O)n(C[C@]2(O)CCN(C(=O)N3CCOC[C@H]3c3ccc(F)cc3)CC23CCCC3)cn1. The van der Waals surface area contributed by atoms with Crippen LogP contribution in [-0.4, -0.2) is 78.7 Å². The summed E-state index contributed by atoms with van der Waals surface area (Å²) in [6.45, 7) is 2.16. The van der Waals surface area contributed by atoms with Crippen LogP contribution in [0.2, 0.25) is 0 Å². The molecule has 3 aliphatic rings. The van der Waals surface area contributed by atoms with E-state index in [2.05, 4.69) is 10.1 Å². The van der Waals surface area contributed by atoms with Gasteiger partial charge in [0.1, 0.15) is 5.82 Å². The van der Waals surface area contributed by atoms with Crippen molar-refractivity contribution < 1.29 is 19.0 Å². The summed E-state index contributed by atoms with van der Waals surface area (Å²) in [5.74, 6) is -0.322. The first-order chi connectivity index (χ1) is 19.3. The number of benzene rings is 1. The second kappa shape index (κ2) is 10.4. The van der Waals surface area contributed by atoms with Gasteiger partial charge in [0.15, 0.2) is 0 Å². The monoisotopic (exact) mass is 550 g/mol. The van der Waals surface area contributed by atoms with E-state index in [-0.39, 0.29) is 30.0 Å². The molecule has 11 heteroatoms. The van der Waals surface area contributed by atoms with Gasteiger partial charge in [-0.25, -0.2) is 14.2 Å². The Morgan fingerprint density at radius 1 is 1.15 bits per heavy atom. The number of morpholine rings is 1. The number of amides is 2. The van der Waals surface area contributed by atoms with Gasteiger partial charge in [0, 0.05) is 44.4 Å². The van der Waals surface area contributed by atoms with Crippen LogP contribution in [0.1, 0.15) is 43.7 Å². The molecule has 3 fully saturated rings. The average molecular weight is 551 g/mol. The molecule has 4 heterocycles. The highest BCUT2D eigenvalue weighted by atomic mass is 19.1. The molecule has 2 saturated heterocycles. The van der Waals surface area contributed by atoms with Crippen molar-refractivity contribution in [3.8, 4) is 11.4 Å². The molecular formula is C29H35FN6O4. The zero-order valence-corrected chi connectivity index (χ0v) is 22.7. The number of aliphatic hydroxyl groups is 1. The van der Waals surface area contributed by atoms with Gasteiger partial charge in [-0.3, -0.25) is 14.0 Å². The summed E-state index contributed by atoms with van der Waals surface area (Å²) in [5, 5.41) is 16.3. The Kier molecular flexibility index (Phi) is 6.95. The smallest absolute Gasteiger partial charge is 0.320 e. The molecule has 1 spiro atoms. The fraction of sp³-hybridized carbons (Fsp3) is 0.517. The van der Waals surface area contributed by atoms with Gasteiger partial charge in [-0.15, -0.1) is 0 Å². The zero-order chi connectivity index (χ0) is 27.9. The van der Waals surface area contributed by atoms with Crippen molar-refractivity contribution in [3.05, 3.63) is 70.7 Å². The molecule has 2 amide bonds. The maximum absolute atomic E-state index is 13.9. The number of hydrogen-bond donors (Lipinski definition) is 1. The first-order valence-electron chi connectivity index (χ1n) is 13.9. The molecule has 212 valence electrons. The predicted molar refractivity (Wildman–Crippen MR) is 145 cm³/mol. The van der Waals surface area contributed by atoms with Gasteiger partial charge in [-0.2, -0.15) is 5.10 Å². The number of carbonyl (C=O) groups is 1. The number of ether oxygens (including phenoxy) is 1. The van der Waals surface area contributed by atoms with E-state index in [1.807, 2.05) is 9.80 Å². The summed E-state index contributed by atoms with van der Waals surface area (Å²) in [7, 11) is 1.79. The average Bonchev–Trinajstić information content (AvgIpc) is 3.61. The lowest BCUT2D eigenvalue weighted by Gasteiger charge is -2.53. The van der Waals surface area contributed by atoms with E-state index in [1.54, 1.807) is 36.1 Å². The van der Waals surface area contributed by atoms with Crippen LogP contribution in [0.3, 0.4) is 0 Å². The predicted octanol–water partition coefficient (Wildman–Crippen LogP) is 2.97. The van der Waals surface area contributed by atoms with Crippen molar-refractivity contribution in [2.75, 3.05) is 32.8 Å². The minimum Gasteiger partial charge on any atom is -0.387 e. The number of urea groups is 1. The van der Waals surface area contributed by atoms with E-state index in [4.69, 9.17) is 4.74 Å². The summed E-state index contributed by atoms with van der Waals surface area (Å²) >= 11 is 0. The molecule has 2 atom stereocenters. The van der Waals surface area contributed by atoms with Crippen LogP contribution in [0.4, 0.5) is 9.18 Å². The molecule has 10 nitrogen and oxygen atoms in total. The molecule has 0 radical (unpaired) electrons. The van der Waals surface area contributed by atoms with Gasteiger partial charge in [0.25, 0.3) is 5.56 Å². The van der Waals surface area contributed by atoms with E-state index in [0.29, 0.717) is 45.0 Å². The molecule has 40 heavy (non-hydrogen) atoms. The molecule has 3 aromatic rings. The Morgan fingerprint density at radius 2 is 1.93 bits per heavy atom. The number of carbonyl (C=O) groups excluding carboxylic acids is 1. The third-order valence-electron chi connectivity index (χ3n) is 9.13. The highest BCUT2D eigenvalue weighted by molar-refractivity contribution is 5.75. The van der Waals surface area contributed by atoms with Crippen molar-refractivity contribution in [3.63, 3.8) is 0 Å². The highest BCUT2D eigenvalue weighted by Crippen LogP contribution is 2.51. The molecule has 2 aromatic heterocycles. The second-order valence-electron chi connectivity index (χ2n) is 11.4. The molecular weight excluding hydrogens is 515 g/mol. The van der Waals surface area contributed by atoms with Crippen molar-refractivity contribution in [2.45, 2.75) is 50.3 Å². The maximum atomic E-state index is 13.9. The fourth-order valence-electron chi connectivity index (χ4n) is 6.83. The van der Waals surface area contributed by atoms with Crippen molar-refractivity contribution in [1.82, 2.24) is 29.1 Å². The highest BCUT2D eigenvalue weighted by Gasteiger charge is 2.56. The summed E-state index contributed by atoms with van der Waals surface area (Å²) < 4.78 is 22.4. The lowest BCUT2D eigenvalue weighted by molar-refractivity contribution is -0.137. The third kappa shape index (κ3) is 4.71. The largest absolute Gasteiger partial charge is 0.387 e. The number of likely N-dealkylation sites (tertiary alicyclic amines) is 1. The van der Waals surface area contributed by atoms with E-state index >= 15 is 0 Å². The topological polar surface area (TPSA) is 106 Å². The standard InChI is InChI=1S/C29H35FN6O4/c1-33-24(8-12-32-33)23-16-26(37)35(20-31-23)19-29(39)11-13-34(18-28(29)9-2-3-10-28)27(38)36-14-15-40-17-25(36)21-4-6-22(30)7-5-21/h4-8,12,16,20,25,39H,2-3,9-11,13-15,17-19H2,1H3/t25-,29+/m0/s1. The summed E-state index contributed by atoms with van der Waals surface area (Å²) in [6.07, 6.45) is 7.02. The number of aromatic nitrogens is 4. The molecule has 1 saturated carbocycles. The summed E-state index contributed by atoms with van der Waals surface area (Å²) in [6, 6.07) is 9.10. The van der Waals surface area contributed by atoms with Gasteiger partial charge < -0.3 is 19.6 Å². The molecule has 0 bridgehead atoms. The number of piperidine rings is 1. The minimum absolute atomic E-state index is 0.0923. The lowest BCUT2D eigenvalue weighted by Crippen LogP contribution is -2.64. The van der Waals surface area contributed by atoms with E-state index < -0.39 is 11.0 Å². The maximum Gasteiger partial charge on any atom is 0.320 e. The van der Waals surface area contributed by atoms with Crippen molar-refractivity contribution in [1.29, 1.82) is 0 Å². The van der Waals surface area contributed by atoms with Crippen LogP contribution < -0.4 is 5.56 Å². The van der Waals surface area contributed by atoms with Crippen LogP contribution in [0.15, 0.2) is 53.7 Å². The number of nitrogens with zero attached hydrogens (tertiary/aromatic N) is 6. The Hall–Kier alpha value is -3.57. The van der Waals surface area contributed by atoms with Gasteiger partial charge in [0.2, 0.25) is 0 Å². The summed E-state index contributed by atoms with van der Waals surface area (Å²) in [5.41, 5.74) is 0.205. The Bertz CT molecular complexity index is 1430. The summed E-state index contributed by atoms with van der Waals surface area (Å²) in [4.78, 5) is 35.2. The Balaban J connectivity index is 1.23. The number of hydrogen-bond acceptors (Lipinski definition) is 6. The lowest BCUT2D eigenvalue weighted by atomic mass is 9.66. The van der Waals surface area contributed by atoms with Gasteiger partial charge in [-0.1, -0.05) is 25.0 Å². The second-order valence-corrected chi connectivity index (χ2v) is 11.4. The molecule has 1 N–H and O–H groups in total. The van der Waals surface area contributed by atoms with E-state index in [9.17, 15) is 19.1 Å². The number of rotatable bonds is 4. The normalized spacial score (nSPS) is 24.5. The van der Waals surface area contributed by atoms with Crippen LogP contribution in [0.5, 0.6) is 0 Å². The van der Waals surface area contributed by atoms with Crippen LogP contribution in [0.25, 0.3) is 11.4 Å². The van der Waals surface area contributed by atoms with Gasteiger partial charge in [0.05, 0.1) is 49.1 Å². The number of halogens is 1. The first-order valence-corrected chi connectivity index (χ1v) is 13.9. The zero-order valence-electron chi connectivity index (χ0n) is 22.7. The van der Waals surface area contributed by atoms with Crippen molar-refractivity contribution >= 4 is 6.03 Å². The van der Waals surface area contributed by atoms with Crippen molar-refractivity contribution in [2.24, 2.45) is 12.5 Å². The molecule has 0 unspecified atom stereocenters. The Labute approximate surface area is 232 Å². The molecule has 6 rings (SSSR count). The minimum atomic E-state index is -1.15. The van der Waals surface area contributed by atoms with Crippen LogP contribution in [0, 0.1) is 11.2 Å². The third-order valence-corrected chi connectivity index (χ3v) is 9.13. The molecule has 1 aromatic carbocycles. The van der Waals surface area contributed by atoms with E-state index in [1.165, 1.54) is 29.1 Å².